The van der Waals surface area contributed by atoms with E-state index in [4.69, 9.17) is 18.5 Å². The maximum absolute atomic E-state index is 12.8. The average molecular weight is 952 g/mol. The van der Waals surface area contributed by atoms with Crippen LogP contribution in [0.25, 0.3) is 0 Å². The van der Waals surface area contributed by atoms with Crippen molar-refractivity contribution >= 4 is 19.8 Å². The molecule has 2 unspecified atom stereocenters. The molecular weight excluding hydrogens is 846 g/mol. The number of quaternary nitrogens is 1. The summed E-state index contributed by atoms with van der Waals surface area (Å²) < 4.78 is 34.1. The fourth-order valence-electron chi connectivity index (χ4n) is 7.80. The van der Waals surface area contributed by atoms with Crippen molar-refractivity contribution in [2.75, 3.05) is 47.5 Å². The predicted octanol–water partition coefficient (Wildman–Crippen LogP) is 16.2. The highest BCUT2D eigenvalue weighted by Crippen LogP contribution is 2.38. The zero-order valence-electron chi connectivity index (χ0n) is 43.9. The summed E-state index contributed by atoms with van der Waals surface area (Å²) in [6.07, 6.45) is 57.6. The second-order valence-electron chi connectivity index (χ2n) is 19.9. The summed E-state index contributed by atoms with van der Waals surface area (Å²) in [6.45, 7) is 4.24. The van der Waals surface area contributed by atoms with Gasteiger partial charge in [-0.15, -0.1) is 0 Å². The van der Waals surface area contributed by atoms with Crippen molar-refractivity contribution < 1.29 is 42.1 Å². The van der Waals surface area contributed by atoms with Crippen LogP contribution < -0.4 is 4.89 Å². The Kier molecular flexibility index (Phi) is 47.0. The Morgan fingerprint density at radius 3 is 1.21 bits per heavy atom. The molecule has 9 nitrogen and oxygen atoms in total. The van der Waals surface area contributed by atoms with Crippen LogP contribution in [-0.2, 0) is 32.7 Å². The third-order valence-corrected chi connectivity index (χ3v) is 13.1. The highest BCUT2D eigenvalue weighted by molar-refractivity contribution is 7.45. The number of carbonyl (C=O) groups is 2. The van der Waals surface area contributed by atoms with Crippen LogP contribution >= 0.6 is 7.82 Å². The Balaban J connectivity index is 4.13. The molecule has 388 valence electrons. The fraction of sp³-hybridized carbons (Fsp3) is 0.857. The van der Waals surface area contributed by atoms with Crippen LogP contribution in [0.15, 0.2) is 36.5 Å². The Morgan fingerprint density at radius 2 is 0.818 bits per heavy atom. The lowest BCUT2D eigenvalue weighted by molar-refractivity contribution is -0.870. The first-order valence-corrected chi connectivity index (χ1v) is 29.2. The lowest BCUT2D eigenvalue weighted by Crippen LogP contribution is -2.37. The lowest BCUT2D eigenvalue weighted by Gasteiger charge is -2.28. The molecular formula is C56H106NO8P. The van der Waals surface area contributed by atoms with E-state index in [9.17, 15) is 19.0 Å². The zero-order chi connectivity index (χ0) is 48.5. The van der Waals surface area contributed by atoms with E-state index < -0.39 is 26.5 Å². The molecule has 0 bridgehead atoms. The van der Waals surface area contributed by atoms with Crippen LogP contribution in [-0.4, -0.2) is 70.0 Å². The minimum atomic E-state index is -4.63. The summed E-state index contributed by atoms with van der Waals surface area (Å²) in [4.78, 5) is 37.8. The molecule has 0 rings (SSSR count). The van der Waals surface area contributed by atoms with Crippen molar-refractivity contribution in [3.05, 3.63) is 36.5 Å². The summed E-state index contributed by atoms with van der Waals surface area (Å²) in [5, 5.41) is 0. The third kappa shape index (κ3) is 51.6. The van der Waals surface area contributed by atoms with Crippen molar-refractivity contribution in [1.29, 1.82) is 0 Å². The summed E-state index contributed by atoms with van der Waals surface area (Å²) in [5.74, 6) is -0.835. The Labute approximate surface area is 408 Å². The quantitative estimate of drug-likeness (QED) is 0.0195. The topological polar surface area (TPSA) is 111 Å². The zero-order valence-corrected chi connectivity index (χ0v) is 44.8. The number of unbranched alkanes of at least 4 members (excludes halogenated alkanes) is 31. The van der Waals surface area contributed by atoms with Crippen LogP contribution in [0.2, 0.25) is 0 Å². The molecule has 0 aromatic rings. The second kappa shape index (κ2) is 48.3. The van der Waals surface area contributed by atoms with Gasteiger partial charge in [0.15, 0.2) is 6.10 Å². The molecule has 0 heterocycles. The molecule has 0 saturated heterocycles. The van der Waals surface area contributed by atoms with Gasteiger partial charge >= 0.3 is 11.9 Å². The number of ether oxygens (including phenoxy) is 2. The van der Waals surface area contributed by atoms with Gasteiger partial charge in [-0.2, -0.15) is 0 Å². The van der Waals surface area contributed by atoms with Crippen LogP contribution in [0.4, 0.5) is 0 Å². The molecule has 0 aromatic heterocycles. The Bertz CT molecular complexity index is 1210. The molecule has 0 saturated carbocycles. The van der Waals surface area contributed by atoms with E-state index in [1.807, 2.05) is 21.1 Å². The minimum absolute atomic E-state index is 0.0310. The molecule has 0 spiro atoms. The first kappa shape index (κ1) is 64.2. The number of phosphoric acid groups is 1. The van der Waals surface area contributed by atoms with Gasteiger partial charge in [0.2, 0.25) is 0 Å². The first-order valence-electron chi connectivity index (χ1n) is 27.7. The van der Waals surface area contributed by atoms with E-state index >= 15 is 0 Å². The highest BCUT2D eigenvalue weighted by atomic mass is 31.2. The summed E-state index contributed by atoms with van der Waals surface area (Å²) in [5.41, 5.74) is 0. The van der Waals surface area contributed by atoms with E-state index in [1.165, 1.54) is 161 Å². The van der Waals surface area contributed by atoms with Gasteiger partial charge in [-0.3, -0.25) is 14.2 Å². The van der Waals surface area contributed by atoms with Crippen LogP contribution in [0.1, 0.15) is 258 Å². The lowest BCUT2D eigenvalue weighted by atomic mass is 10.0. The number of esters is 2. The average Bonchev–Trinajstić information content (AvgIpc) is 3.27. The van der Waals surface area contributed by atoms with Gasteiger partial charge in [-0.05, 0) is 70.6 Å². The minimum Gasteiger partial charge on any atom is -0.756 e. The molecule has 0 N–H and O–H groups in total. The van der Waals surface area contributed by atoms with Crippen molar-refractivity contribution in [1.82, 2.24) is 0 Å². The van der Waals surface area contributed by atoms with Crippen molar-refractivity contribution in [2.24, 2.45) is 0 Å². The number of phosphoric ester groups is 1. The van der Waals surface area contributed by atoms with Gasteiger partial charge < -0.3 is 27.9 Å². The number of hydrogen-bond acceptors (Lipinski definition) is 8. The smallest absolute Gasteiger partial charge is 0.306 e. The third-order valence-electron chi connectivity index (χ3n) is 12.1. The van der Waals surface area contributed by atoms with Gasteiger partial charge in [0.1, 0.15) is 19.8 Å². The molecule has 0 fully saturated rings. The van der Waals surface area contributed by atoms with Crippen LogP contribution in [0.5, 0.6) is 0 Å². The maximum atomic E-state index is 12.8. The van der Waals surface area contributed by atoms with Gasteiger partial charge in [0.05, 0.1) is 27.7 Å². The number of likely N-dealkylation sites (N-methyl/N-ethyl adjacent to an activating group) is 1. The van der Waals surface area contributed by atoms with Crippen molar-refractivity contribution in [3.63, 3.8) is 0 Å². The van der Waals surface area contributed by atoms with E-state index in [1.54, 1.807) is 0 Å². The van der Waals surface area contributed by atoms with Gasteiger partial charge in [-0.25, -0.2) is 0 Å². The van der Waals surface area contributed by atoms with E-state index in [2.05, 4.69) is 50.3 Å². The Morgan fingerprint density at radius 1 is 0.470 bits per heavy atom. The molecule has 66 heavy (non-hydrogen) atoms. The molecule has 0 radical (unpaired) electrons. The molecule has 0 aliphatic carbocycles. The molecule has 10 heteroatoms. The monoisotopic (exact) mass is 952 g/mol. The van der Waals surface area contributed by atoms with Crippen LogP contribution in [0.3, 0.4) is 0 Å². The van der Waals surface area contributed by atoms with Gasteiger partial charge in [-0.1, -0.05) is 211 Å². The first-order chi connectivity index (χ1) is 32.0. The van der Waals surface area contributed by atoms with Crippen LogP contribution in [0, 0.1) is 0 Å². The summed E-state index contributed by atoms with van der Waals surface area (Å²) >= 11 is 0. The van der Waals surface area contributed by atoms with Gasteiger partial charge in [0.25, 0.3) is 7.82 Å². The SMILES string of the molecule is CCCCCCC/C=C\C/C=C\CCCCCCCCCCCCCCCCCC(=O)OC(COC(=O)CCCCCCC/C=C\CCCCCCCC)COP(=O)([O-])OCC[N+](C)(C)C. The second-order valence-corrected chi connectivity index (χ2v) is 21.4. The summed E-state index contributed by atoms with van der Waals surface area (Å²) in [7, 11) is 1.17. The molecule has 2 atom stereocenters. The maximum Gasteiger partial charge on any atom is 0.306 e. The molecule has 0 amide bonds. The largest absolute Gasteiger partial charge is 0.756 e. The number of nitrogens with zero attached hydrogens (tertiary/aromatic N) is 1. The fourth-order valence-corrected chi connectivity index (χ4v) is 8.53. The number of hydrogen-bond donors (Lipinski definition) is 0. The molecule has 0 aliphatic heterocycles. The number of allylic oxidation sites excluding steroid dienone is 6. The number of rotatable bonds is 51. The van der Waals surface area contributed by atoms with E-state index in [0.29, 0.717) is 17.4 Å². The normalized spacial score (nSPS) is 13.6. The molecule has 0 aliphatic rings. The summed E-state index contributed by atoms with van der Waals surface area (Å²) in [6, 6.07) is 0. The standard InChI is InChI=1S/C56H106NO8P/c1-6-8-10-12-14-16-18-20-22-23-24-25-26-27-28-29-30-31-32-33-35-37-39-41-43-45-47-49-56(59)65-54(53-64-66(60,61)63-51-50-57(3,4)5)52-62-55(58)48-46-44-42-40-38-36-34-21-19-17-15-13-11-9-7-2/h18,20-21,23-24,34,54H,6-17,19,22,25-33,35-53H2,1-5H3/b20-18-,24-23-,34-21-. The number of carbonyl (C=O) groups excluding carboxylic acids is 2. The predicted molar refractivity (Wildman–Crippen MR) is 277 cm³/mol. The van der Waals surface area contributed by atoms with Crippen molar-refractivity contribution in [3.8, 4) is 0 Å². The van der Waals surface area contributed by atoms with E-state index in [-0.39, 0.29) is 32.0 Å². The van der Waals surface area contributed by atoms with E-state index in [0.717, 1.165) is 64.2 Å². The Hall–Kier alpha value is -1.77. The van der Waals surface area contributed by atoms with Crippen molar-refractivity contribution in [2.45, 2.75) is 264 Å². The highest BCUT2D eigenvalue weighted by Gasteiger charge is 2.21. The molecule has 0 aromatic carbocycles. The van der Waals surface area contributed by atoms with Gasteiger partial charge in [0, 0.05) is 12.8 Å².